The second-order valence-electron chi connectivity index (χ2n) is 6.93. The van der Waals surface area contributed by atoms with E-state index < -0.39 is 0 Å². The highest BCUT2D eigenvalue weighted by Gasteiger charge is 2.21. The molecule has 1 aromatic carbocycles. The van der Waals surface area contributed by atoms with Gasteiger partial charge in [0.1, 0.15) is 0 Å². The molecule has 0 radical (unpaired) electrons. The van der Waals surface area contributed by atoms with Gasteiger partial charge in [0.05, 0.1) is 12.7 Å². The number of carbonyl (C=O) groups is 2. The van der Waals surface area contributed by atoms with E-state index in [-0.39, 0.29) is 11.9 Å². The normalized spacial score (nSPS) is 19.6. The highest BCUT2D eigenvalue weighted by molar-refractivity contribution is 5.93. The summed E-state index contributed by atoms with van der Waals surface area (Å²) in [5.41, 5.74) is 1.31. The van der Waals surface area contributed by atoms with Crippen LogP contribution in [0.4, 0.5) is 16.2 Å². The van der Waals surface area contributed by atoms with Crippen LogP contribution in [0, 0.1) is 5.92 Å². The van der Waals surface area contributed by atoms with Crippen LogP contribution in [0.3, 0.4) is 0 Å². The van der Waals surface area contributed by atoms with Crippen molar-refractivity contribution in [3.05, 3.63) is 24.3 Å². The van der Waals surface area contributed by atoms with Crippen molar-refractivity contribution in [1.29, 1.82) is 0 Å². The van der Waals surface area contributed by atoms with Gasteiger partial charge in [0, 0.05) is 24.3 Å². The summed E-state index contributed by atoms with van der Waals surface area (Å²) >= 11 is 0. The molecule has 1 aliphatic rings. The Labute approximate surface area is 156 Å². The SMILES string of the molecule is CCCC(=O)Nc1cccc(NC(=O)NCCO[C@@H]2CCCC[C@H]2C)c1. The minimum absolute atomic E-state index is 0.0248. The van der Waals surface area contributed by atoms with Gasteiger partial charge >= 0.3 is 6.03 Å². The Morgan fingerprint density at radius 3 is 2.62 bits per heavy atom. The van der Waals surface area contributed by atoms with Crippen molar-refractivity contribution in [3.8, 4) is 0 Å². The molecule has 2 atom stereocenters. The number of urea groups is 1. The van der Waals surface area contributed by atoms with Crippen LogP contribution in [0.15, 0.2) is 24.3 Å². The summed E-state index contributed by atoms with van der Waals surface area (Å²) in [6, 6.07) is 6.85. The van der Waals surface area contributed by atoms with Gasteiger partial charge in [-0.15, -0.1) is 0 Å². The van der Waals surface area contributed by atoms with Crippen LogP contribution < -0.4 is 16.0 Å². The Balaban J connectivity index is 1.69. The third kappa shape index (κ3) is 7.04. The summed E-state index contributed by atoms with van der Waals surface area (Å²) in [5.74, 6) is 0.575. The first kappa shape index (κ1) is 20.2. The quantitative estimate of drug-likeness (QED) is 0.609. The van der Waals surface area contributed by atoms with Crippen molar-refractivity contribution >= 4 is 23.3 Å². The molecule has 0 heterocycles. The molecule has 3 N–H and O–H groups in total. The number of anilines is 2. The smallest absolute Gasteiger partial charge is 0.319 e. The summed E-state index contributed by atoms with van der Waals surface area (Å²) < 4.78 is 5.89. The minimum Gasteiger partial charge on any atom is -0.376 e. The number of benzene rings is 1. The van der Waals surface area contributed by atoms with Crippen molar-refractivity contribution in [2.24, 2.45) is 5.92 Å². The molecule has 2 rings (SSSR count). The monoisotopic (exact) mass is 361 g/mol. The number of ether oxygens (including phenoxy) is 1. The van der Waals surface area contributed by atoms with Gasteiger partial charge in [-0.05, 0) is 43.4 Å². The van der Waals surface area contributed by atoms with Crippen molar-refractivity contribution in [1.82, 2.24) is 5.32 Å². The average molecular weight is 361 g/mol. The van der Waals surface area contributed by atoms with Gasteiger partial charge in [-0.1, -0.05) is 32.8 Å². The van der Waals surface area contributed by atoms with Gasteiger partial charge in [0.25, 0.3) is 0 Å². The molecule has 1 saturated carbocycles. The minimum atomic E-state index is -0.276. The lowest BCUT2D eigenvalue weighted by molar-refractivity contribution is -0.116. The van der Waals surface area contributed by atoms with Gasteiger partial charge in [0.15, 0.2) is 0 Å². The van der Waals surface area contributed by atoms with Gasteiger partial charge in [0.2, 0.25) is 5.91 Å². The van der Waals surface area contributed by atoms with Crippen LogP contribution >= 0.6 is 0 Å². The lowest BCUT2D eigenvalue weighted by Crippen LogP contribution is -2.34. The van der Waals surface area contributed by atoms with E-state index in [0.29, 0.717) is 43.0 Å². The zero-order valence-corrected chi connectivity index (χ0v) is 15.8. The van der Waals surface area contributed by atoms with E-state index in [0.717, 1.165) is 12.8 Å². The lowest BCUT2D eigenvalue weighted by atomic mass is 9.88. The van der Waals surface area contributed by atoms with E-state index in [1.54, 1.807) is 24.3 Å². The van der Waals surface area contributed by atoms with Crippen molar-refractivity contribution in [3.63, 3.8) is 0 Å². The fourth-order valence-corrected chi connectivity index (χ4v) is 3.21. The van der Waals surface area contributed by atoms with E-state index in [1.165, 1.54) is 19.3 Å². The standard InChI is InChI=1S/C20H31N3O3/c1-3-7-19(24)22-16-9-6-10-17(14-16)23-20(25)21-12-13-26-18-11-5-4-8-15(18)2/h6,9-10,14-15,18H,3-5,7-8,11-13H2,1-2H3,(H,22,24)(H2,21,23,25)/t15-,18-/m1/s1. The topological polar surface area (TPSA) is 79.5 Å². The molecule has 1 aromatic rings. The zero-order chi connectivity index (χ0) is 18.8. The number of amides is 3. The zero-order valence-electron chi connectivity index (χ0n) is 15.8. The van der Waals surface area contributed by atoms with Gasteiger partial charge < -0.3 is 20.7 Å². The Hall–Kier alpha value is -2.08. The van der Waals surface area contributed by atoms with E-state index in [4.69, 9.17) is 4.74 Å². The van der Waals surface area contributed by atoms with Crippen molar-refractivity contribution in [2.45, 2.75) is 58.5 Å². The third-order valence-corrected chi connectivity index (χ3v) is 4.63. The Bertz CT molecular complexity index is 591. The first-order chi connectivity index (χ1) is 12.6. The summed E-state index contributed by atoms with van der Waals surface area (Å²) in [7, 11) is 0. The molecule has 6 heteroatoms. The number of nitrogens with one attached hydrogen (secondary N) is 3. The second kappa shape index (κ2) is 10.8. The van der Waals surface area contributed by atoms with E-state index in [2.05, 4.69) is 22.9 Å². The number of rotatable bonds is 8. The predicted molar refractivity (Wildman–Crippen MR) is 104 cm³/mol. The number of carbonyl (C=O) groups excluding carboxylic acids is 2. The van der Waals surface area contributed by atoms with Crippen LogP contribution in [-0.4, -0.2) is 31.2 Å². The lowest BCUT2D eigenvalue weighted by Gasteiger charge is -2.28. The molecule has 0 aliphatic heterocycles. The molecular weight excluding hydrogens is 330 g/mol. The molecule has 1 fully saturated rings. The fraction of sp³-hybridized carbons (Fsp3) is 0.600. The summed E-state index contributed by atoms with van der Waals surface area (Å²) in [6.45, 7) is 5.19. The maximum atomic E-state index is 12.0. The molecule has 0 aromatic heterocycles. The molecule has 6 nitrogen and oxygen atoms in total. The largest absolute Gasteiger partial charge is 0.376 e. The van der Waals surface area contributed by atoms with E-state index in [1.807, 2.05) is 6.92 Å². The van der Waals surface area contributed by atoms with Crippen LogP contribution in [0.5, 0.6) is 0 Å². The fourth-order valence-electron chi connectivity index (χ4n) is 3.21. The van der Waals surface area contributed by atoms with E-state index in [9.17, 15) is 9.59 Å². The Morgan fingerprint density at radius 1 is 1.15 bits per heavy atom. The molecule has 0 saturated heterocycles. The second-order valence-corrected chi connectivity index (χ2v) is 6.93. The third-order valence-electron chi connectivity index (χ3n) is 4.63. The van der Waals surface area contributed by atoms with E-state index >= 15 is 0 Å². The maximum Gasteiger partial charge on any atom is 0.319 e. The highest BCUT2D eigenvalue weighted by atomic mass is 16.5. The molecule has 0 spiro atoms. The molecule has 26 heavy (non-hydrogen) atoms. The molecule has 0 unspecified atom stereocenters. The number of hydrogen-bond acceptors (Lipinski definition) is 3. The van der Waals surface area contributed by atoms with Crippen LogP contribution in [0.1, 0.15) is 52.4 Å². The first-order valence-electron chi connectivity index (χ1n) is 9.65. The van der Waals surface area contributed by atoms with Crippen LogP contribution in [0.2, 0.25) is 0 Å². The molecule has 144 valence electrons. The molecule has 3 amide bonds. The average Bonchev–Trinajstić information content (AvgIpc) is 2.60. The van der Waals surface area contributed by atoms with Gasteiger partial charge in [-0.25, -0.2) is 4.79 Å². The molecule has 1 aliphatic carbocycles. The highest BCUT2D eigenvalue weighted by Crippen LogP contribution is 2.26. The Kier molecular flexibility index (Phi) is 8.41. The van der Waals surface area contributed by atoms with Gasteiger partial charge in [-0.3, -0.25) is 4.79 Å². The van der Waals surface area contributed by atoms with Crippen LogP contribution in [0.25, 0.3) is 0 Å². The first-order valence-corrected chi connectivity index (χ1v) is 9.65. The van der Waals surface area contributed by atoms with Crippen molar-refractivity contribution < 1.29 is 14.3 Å². The molecular formula is C20H31N3O3. The Morgan fingerprint density at radius 2 is 1.88 bits per heavy atom. The van der Waals surface area contributed by atoms with Gasteiger partial charge in [-0.2, -0.15) is 0 Å². The molecule has 0 bridgehead atoms. The summed E-state index contributed by atoms with van der Waals surface area (Å²) in [5, 5.41) is 8.40. The summed E-state index contributed by atoms with van der Waals surface area (Å²) in [6.07, 6.45) is 6.46. The predicted octanol–water partition coefficient (Wildman–Crippen LogP) is 4.14. The maximum absolute atomic E-state index is 12.0. The van der Waals surface area contributed by atoms with Crippen molar-refractivity contribution in [2.75, 3.05) is 23.8 Å². The number of hydrogen-bond donors (Lipinski definition) is 3. The van der Waals surface area contributed by atoms with Crippen LogP contribution in [-0.2, 0) is 9.53 Å². The summed E-state index contributed by atoms with van der Waals surface area (Å²) in [4.78, 5) is 23.6.